The van der Waals surface area contributed by atoms with Gasteiger partial charge in [-0.3, -0.25) is 4.98 Å². The number of rotatable bonds is 6. The summed E-state index contributed by atoms with van der Waals surface area (Å²) in [7, 11) is 0. The molecular formula is C17H22N4. The number of anilines is 1. The minimum absolute atomic E-state index is 0.592. The van der Waals surface area contributed by atoms with E-state index in [-0.39, 0.29) is 0 Å². The van der Waals surface area contributed by atoms with Crippen LogP contribution in [0.1, 0.15) is 38.8 Å². The molecule has 1 aliphatic rings. The van der Waals surface area contributed by atoms with Gasteiger partial charge in [0, 0.05) is 35.8 Å². The van der Waals surface area contributed by atoms with Crippen LogP contribution in [0.2, 0.25) is 0 Å². The zero-order chi connectivity index (χ0) is 14.7. The third-order valence-corrected chi connectivity index (χ3v) is 4.00. The summed E-state index contributed by atoms with van der Waals surface area (Å²) >= 11 is 0. The minimum atomic E-state index is 0.592. The van der Waals surface area contributed by atoms with E-state index < -0.39 is 0 Å². The fourth-order valence-electron chi connectivity index (χ4n) is 2.69. The van der Waals surface area contributed by atoms with E-state index in [0.29, 0.717) is 6.04 Å². The van der Waals surface area contributed by atoms with Gasteiger partial charge in [-0.25, -0.2) is 9.97 Å². The van der Waals surface area contributed by atoms with Crippen LogP contribution >= 0.6 is 0 Å². The topological polar surface area (TPSA) is 50.7 Å². The summed E-state index contributed by atoms with van der Waals surface area (Å²) in [6.45, 7) is 4.37. The Morgan fingerprint density at radius 2 is 2.00 bits per heavy atom. The van der Waals surface area contributed by atoms with Crippen molar-refractivity contribution in [3.8, 4) is 11.4 Å². The van der Waals surface area contributed by atoms with Crippen LogP contribution in [0.15, 0.2) is 30.6 Å². The smallest absolute Gasteiger partial charge is 0.161 e. The van der Waals surface area contributed by atoms with Crippen LogP contribution in [0, 0.1) is 5.92 Å². The molecule has 1 fully saturated rings. The van der Waals surface area contributed by atoms with E-state index in [2.05, 4.69) is 40.2 Å². The quantitative estimate of drug-likeness (QED) is 0.877. The molecule has 0 spiro atoms. The Kier molecular flexibility index (Phi) is 4.13. The van der Waals surface area contributed by atoms with E-state index in [4.69, 9.17) is 0 Å². The van der Waals surface area contributed by atoms with Crippen molar-refractivity contribution in [1.82, 2.24) is 15.0 Å². The summed E-state index contributed by atoms with van der Waals surface area (Å²) in [5.74, 6) is 2.56. The Morgan fingerprint density at radius 1 is 1.19 bits per heavy atom. The highest BCUT2D eigenvalue weighted by Gasteiger charge is 2.36. The van der Waals surface area contributed by atoms with Crippen LogP contribution in [-0.4, -0.2) is 21.0 Å². The Balaban J connectivity index is 1.81. The molecule has 4 nitrogen and oxygen atoms in total. The Morgan fingerprint density at radius 3 is 2.71 bits per heavy atom. The lowest BCUT2D eigenvalue weighted by Gasteiger charge is -2.09. The molecule has 2 unspecified atom stereocenters. The van der Waals surface area contributed by atoms with E-state index in [0.717, 1.165) is 35.2 Å². The average molecular weight is 282 g/mol. The lowest BCUT2D eigenvalue weighted by molar-refractivity contribution is 0.692. The molecule has 0 saturated heterocycles. The first-order chi connectivity index (χ1) is 10.3. The molecule has 4 heteroatoms. The zero-order valence-electron chi connectivity index (χ0n) is 12.7. The van der Waals surface area contributed by atoms with Crippen LogP contribution in [0.5, 0.6) is 0 Å². The summed E-state index contributed by atoms with van der Waals surface area (Å²) in [6.07, 6.45) is 8.31. The van der Waals surface area contributed by atoms with Crippen LogP contribution in [0.4, 0.5) is 5.82 Å². The maximum absolute atomic E-state index is 4.68. The van der Waals surface area contributed by atoms with Crippen molar-refractivity contribution < 1.29 is 0 Å². The van der Waals surface area contributed by atoms with Gasteiger partial charge in [0.2, 0.25) is 0 Å². The van der Waals surface area contributed by atoms with Gasteiger partial charge >= 0.3 is 0 Å². The molecule has 1 N–H and O–H groups in total. The zero-order valence-corrected chi connectivity index (χ0v) is 12.7. The molecular weight excluding hydrogens is 260 g/mol. The first-order valence-electron chi connectivity index (χ1n) is 7.85. The van der Waals surface area contributed by atoms with Crippen molar-refractivity contribution >= 4 is 5.82 Å². The van der Waals surface area contributed by atoms with E-state index in [1.54, 1.807) is 12.4 Å². The van der Waals surface area contributed by atoms with Gasteiger partial charge in [-0.2, -0.15) is 0 Å². The van der Waals surface area contributed by atoms with E-state index >= 15 is 0 Å². The fraction of sp³-hybridized carbons (Fsp3) is 0.471. The lowest BCUT2D eigenvalue weighted by atomic mass is 10.2. The van der Waals surface area contributed by atoms with Crippen molar-refractivity contribution in [3.05, 3.63) is 36.3 Å². The number of hydrogen-bond donors (Lipinski definition) is 1. The van der Waals surface area contributed by atoms with E-state index in [1.807, 2.05) is 12.1 Å². The predicted molar refractivity (Wildman–Crippen MR) is 85.1 cm³/mol. The highest BCUT2D eigenvalue weighted by atomic mass is 15.1. The molecule has 0 radical (unpaired) electrons. The van der Waals surface area contributed by atoms with Gasteiger partial charge in [-0.05, 0) is 37.3 Å². The van der Waals surface area contributed by atoms with E-state index in [1.165, 1.54) is 19.3 Å². The minimum Gasteiger partial charge on any atom is -0.367 e. The van der Waals surface area contributed by atoms with Gasteiger partial charge < -0.3 is 5.32 Å². The number of nitrogens with one attached hydrogen (secondary N) is 1. The molecule has 0 aliphatic heterocycles. The molecule has 1 saturated carbocycles. The molecule has 2 aromatic rings. The number of nitrogens with zero attached hydrogens (tertiary/aromatic N) is 3. The second kappa shape index (κ2) is 6.20. The predicted octanol–water partition coefficient (Wildman–Crippen LogP) is 3.70. The van der Waals surface area contributed by atoms with Crippen LogP contribution in [0.3, 0.4) is 0 Å². The first kappa shape index (κ1) is 14.0. The van der Waals surface area contributed by atoms with Crippen LogP contribution in [0.25, 0.3) is 11.4 Å². The summed E-state index contributed by atoms with van der Waals surface area (Å²) in [5, 5.41) is 3.57. The van der Waals surface area contributed by atoms with Crippen LogP contribution < -0.4 is 5.32 Å². The SMILES string of the molecule is CCCC1CC1Nc1cc(CC)nc(-c2ccncc2)n1. The largest absolute Gasteiger partial charge is 0.367 e. The number of aryl methyl sites for hydroxylation is 1. The number of hydrogen-bond acceptors (Lipinski definition) is 4. The molecule has 3 rings (SSSR count). The fourth-order valence-corrected chi connectivity index (χ4v) is 2.69. The van der Waals surface area contributed by atoms with Gasteiger partial charge in [-0.15, -0.1) is 0 Å². The second-order valence-electron chi connectivity index (χ2n) is 5.69. The van der Waals surface area contributed by atoms with Gasteiger partial charge in [-0.1, -0.05) is 20.3 Å². The normalized spacial score (nSPS) is 20.3. The molecule has 0 amide bonds. The number of aromatic nitrogens is 3. The third-order valence-electron chi connectivity index (χ3n) is 4.00. The van der Waals surface area contributed by atoms with Crippen molar-refractivity contribution in [2.75, 3.05) is 5.32 Å². The van der Waals surface area contributed by atoms with Gasteiger partial charge in [0.1, 0.15) is 5.82 Å². The van der Waals surface area contributed by atoms with Gasteiger partial charge in [0.15, 0.2) is 5.82 Å². The number of pyridine rings is 1. The molecule has 2 atom stereocenters. The summed E-state index contributed by atoms with van der Waals surface area (Å²) in [5.41, 5.74) is 2.09. The summed E-state index contributed by atoms with van der Waals surface area (Å²) in [4.78, 5) is 13.4. The van der Waals surface area contributed by atoms with Crippen molar-refractivity contribution in [3.63, 3.8) is 0 Å². The van der Waals surface area contributed by atoms with Crippen molar-refractivity contribution in [2.45, 2.75) is 45.6 Å². The maximum Gasteiger partial charge on any atom is 0.161 e. The standard InChI is InChI=1S/C17H22N4/c1-3-5-13-10-15(13)20-16-11-14(4-2)19-17(21-16)12-6-8-18-9-7-12/h6-9,11,13,15H,3-5,10H2,1-2H3,(H,19,20,21). The third kappa shape index (κ3) is 3.38. The maximum atomic E-state index is 4.68. The molecule has 0 bridgehead atoms. The molecule has 0 aromatic carbocycles. The highest BCUT2D eigenvalue weighted by molar-refractivity contribution is 5.57. The van der Waals surface area contributed by atoms with Gasteiger partial charge in [0.05, 0.1) is 0 Å². The molecule has 2 heterocycles. The Hall–Kier alpha value is -1.97. The molecule has 110 valence electrons. The Bertz CT molecular complexity index is 597. The first-order valence-corrected chi connectivity index (χ1v) is 7.85. The van der Waals surface area contributed by atoms with Crippen LogP contribution in [-0.2, 0) is 6.42 Å². The molecule has 21 heavy (non-hydrogen) atoms. The average Bonchev–Trinajstić information content (AvgIpc) is 3.26. The highest BCUT2D eigenvalue weighted by Crippen LogP contribution is 2.37. The second-order valence-corrected chi connectivity index (χ2v) is 5.69. The summed E-state index contributed by atoms with van der Waals surface area (Å²) < 4.78 is 0. The lowest BCUT2D eigenvalue weighted by Crippen LogP contribution is -2.08. The van der Waals surface area contributed by atoms with Crippen molar-refractivity contribution in [2.24, 2.45) is 5.92 Å². The molecule has 2 aromatic heterocycles. The van der Waals surface area contributed by atoms with Gasteiger partial charge in [0.25, 0.3) is 0 Å². The Labute approximate surface area is 126 Å². The van der Waals surface area contributed by atoms with E-state index in [9.17, 15) is 0 Å². The van der Waals surface area contributed by atoms with Crippen molar-refractivity contribution in [1.29, 1.82) is 0 Å². The molecule has 1 aliphatic carbocycles. The monoisotopic (exact) mass is 282 g/mol. The summed E-state index contributed by atoms with van der Waals surface area (Å²) in [6, 6.07) is 6.58.